The maximum Gasteiger partial charge on any atom is 0.254 e. The summed E-state index contributed by atoms with van der Waals surface area (Å²) in [5.74, 6) is 1.89. The lowest BCUT2D eigenvalue weighted by Gasteiger charge is -3.04. The Morgan fingerprint density at radius 1 is 1.15 bits per heavy atom. The van der Waals surface area contributed by atoms with Gasteiger partial charge in [0.05, 0.1) is 6.10 Å². The topological polar surface area (TPSA) is 53.0 Å². The molecule has 9 aliphatic rings. The molecular weight excluding hydrogens is 424 g/mol. The third kappa shape index (κ3) is 1.38. The summed E-state index contributed by atoms with van der Waals surface area (Å²) >= 11 is 0. The molecule has 5 heteroatoms. The number of fused-ring (bicyclic) bond motifs is 2. The molecule has 2 aromatic rings. The SMILES string of the molecule is O=C(c1ccccc1)N1C[C@H]2OC34C5N(CC6CC6)CC56Cc5ccc(O)cc5C63C3C1CC324. The summed E-state index contributed by atoms with van der Waals surface area (Å²) in [5, 5.41) is 10.5. The maximum absolute atomic E-state index is 13.6. The van der Waals surface area contributed by atoms with E-state index in [1.165, 1.54) is 30.5 Å². The Morgan fingerprint density at radius 3 is 2.79 bits per heavy atom. The predicted molar refractivity (Wildman–Crippen MR) is 123 cm³/mol. The van der Waals surface area contributed by atoms with Gasteiger partial charge in [-0.1, -0.05) is 24.3 Å². The standard InChI is InChI=1S/C29H28N2O3/c32-19-9-8-18-11-26-15-30(13-16-6-7-16)25(26)29-27-12-21(23(27)28(26,29)20(18)10-19)31(14-22(27)34-29)24(33)17-4-2-1-3-5-17/h1-5,8-10,16,21-23,25,32H,6-7,11-15H2/t21?,22-,23?,25?,26?,27?,28?,29?/m1/s1. The molecule has 5 aliphatic carbocycles. The Morgan fingerprint density at radius 2 is 2.00 bits per heavy atom. The van der Waals surface area contributed by atoms with Crippen LogP contribution >= 0.6 is 0 Å². The number of rotatable bonds is 3. The number of nitrogens with zero attached hydrogens (tertiary/aromatic N) is 2. The zero-order chi connectivity index (χ0) is 22.2. The first-order chi connectivity index (χ1) is 16.6. The Balaban J connectivity index is 1.12. The smallest absolute Gasteiger partial charge is 0.254 e. The summed E-state index contributed by atoms with van der Waals surface area (Å²) in [6.07, 6.45) is 5.15. The van der Waals surface area contributed by atoms with Crippen molar-refractivity contribution in [3.8, 4) is 5.75 Å². The van der Waals surface area contributed by atoms with E-state index < -0.39 is 0 Å². The van der Waals surface area contributed by atoms with E-state index in [0.29, 0.717) is 23.8 Å². The van der Waals surface area contributed by atoms with Crippen LogP contribution in [0.2, 0.25) is 0 Å². The van der Waals surface area contributed by atoms with Crippen molar-refractivity contribution in [2.24, 2.45) is 22.7 Å². The van der Waals surface area contributed by atoms with Crippen LogP contribution < -0.4 is 0 Å². The molecule has 7 unspecified atom stereocenters. The second kappa shape index (κ2) is 4.96. The number of aromatic hydroxyl groups is 1. The first kappa shape index (κ1) is 18.0. The fraction of sp³-hybridized carbons (Fsp3) is 0.552. The van der Waals surface area contributed by atoms with E-state index in [-0.39, 0.29) is 33.9 Å². The lowest BCUT2D eigenvalue weighted by molar-refractivity contribution is -0.607. The van der Waals surface area contributed by atoms with Crippen molar-refractivity contribution in [2.45, 2.75) is 54.9 Å². The van der Waals surface area contributed by atoms with Gasteiger partial charge >= 0.3 is 0 Å². The number of benzene rings is 2. The van der Waals surface area contributed by atoms with E-state index in [1.807, 2.05) is 36.4 Å². The minimum Gasteiger partial charge on any atom is -0.508 e. The molecule has 2 aromatic carbocycles. The number of carbonyl (C=O) groups excluding carboxylic acids is 1. The maximum atomic E-state index is 13.6. The Hall–Kier alpha value is -2.37. The first-order valence-corrected chi connectivity index (χ1v) is 13.2. The lowest BCUT2D eigenvalue weighted by atomic mass is 9.08. The van der Waals surface area contributed by atoms with Crippen molar-refractivity contribution in [1.82, 2.24) is 9.80 Å². The second-order valence-electron chi connectivity index (χ2n) is 12.7. The van der Waals surface area contributed by atoms with E-state index in [4.69, 9.17) is 4.74 Å². The summed E-state index contributed by atoms with van der Waals surface area (Å²) in [6, 6.07) is 16.7. The van der Waals surface area contributed by atoms with E-state index in [0.717, 1.165) is 37.4 Å². The van der Waals surface area contributed by atoms with Crippen LogP contribution in [0.3, 0.4) is 0 Å². The summed E-state index contributed by atoms with van der Waals surface area (Å²) in [4.78, 5) is 18.6. The summed E-state index contributed by atoms with van der Waals surface area (Å²) in [5.41, 5.74) is 3.93. The molecule has 1 N–H and O–H groups in total. The van der Waals surface area contributed by atoms with Crippen LogP contribution in [0.5, 0.6) is 5.75 Å². The Bertz CT molecular complexity index is 1340. The van der Waals surface area contributed by atoms with Crippen LogP contribution in [0.15, 0.2) is 48.5 Å². The molecule has 0 aromatic heterocycles. The number of piperidine rings is 3. The largest absolute Gasteiger partial charge is 0.508 e. The van der Waals surface area contributed by atoms with Gasteiger partial charge in [-0.2, -0.15) is 0 Å². The number of phenolic OH excluding ortho intramolecular Hbond substituents is 1. The van der Waals surface area contributed by atoms with Crippen LogP contribution in [0.1, 0.15) is 40.7 Å². The molecule has 1 amide bonds. The predicted octanol–water partition coefficient (Wildman–Crippen LogP) is 2.96. The fourth-order valence-electron chi connectivity index (χ4n) is 11.2. The van der Waals surface area contributed by atoms with Crippen molar-refractivity contribution in [3.05, 3.63) is 65.2 Å². The molecule has 4 saturated heterocycles. The van der Waals surface area contributed by atoms with Crippen LogP contribution in [0.4, 0.5) is 0 Å². The third-order valence-electron chi connectivity index (χ3n) is 11.9. The van der Waals surface area contributed by atoms with Gasteiger partial charge in [-0.25, -0.2) is 0 Å². The van der Waals surface area contributed by atoms with Crippen LogP contribution in [0.25, 0.3) is 0 Å². The van der Waals surface area contributed by atoms with Gasteiger partial charge in [-0.3, -0.25) is 9.69 Å². The lowest BCUT2D eigenvalue weighted by Crippen LogP contribution is -3.16. The Kier molecular flexibility index (Phi) is 2.62. The molecule has 4 spiro atoms. The molecular formula is C29H28N2O3. The van der Waals surface area contributed by atoms with Gasteiger partial charge in [-0.15, -0.1) is 0 Å². The van der Waals surface area contributed by atoms with Gasteiger partial charge in [-0.05, 0) is 67.0 Å². The fourth-order valence-corrected chi connectivity index (χ4v) is 11.2. The molecule has 2 bridgehead atoms. The number of likely N-dealkylation sites (tertiary alicyclic amines) is 1. The molecule has 4 heterocycles. The summed E-state index contributed by atoms with van der Waals surface area (Å²) in [6.45, 7) is 3.13. The molecule has 4 saturated carbocycles. The first-order valence-electron chi connectivity index (χ1n) is 13.2. The van der Waals surface area contributed by atoms with E-state index in [9.17, 15) is 9.90 Å². The van der Waals surface area contributed by atoms with Gasteiger partial charge in [0, 0.05) is 59.4 Å². The van der Waals surface area contributed by atoms with Crippen molar-refractivity contribution in [2.75, 3.05) is 19.6 Å². The third-order valence-corrected chi connectivity index (χ3v) is 11.9. The van der Waals surface area contributed by atoms with Crippen molar-refractivity contribution < 1.29 is 14.6 Å². The van der Waals surface area contributed by atoms with Crippen LogP contribution in [-0.2, 0) is 16.6 Å². The zero-order valence-corrected chi connectivity index (χ0v) is 19.1. The number of phenols is 1. The average Bonchev–Trinajstić information content (AvgIpc) is 3.59. The molecule has 34 heavy (non-hydrogen) atoms. The monoisotopic (exact) mass is 452 g/mol. The minimum atomic E-state index is -0.0834. The minimum absolute atomic E-state index is 0.0200. The Labute approximate surface area is 198 Å². The molecule has 5 nitrogen and oxygen atoms in total. The summed E-state index contributed by atoms with van der Waals surface area (Å²) < 4.78 is 7.10. The second-order valence-corrected chi connectivity index (χ2v) is 12.7. The van der Waals surface area contributed by atoms with Gasteiger partial charge in [0.2, 0.25) is 0 Å². The molecule has 0 radical (unpaired) electrons. The van der Waals surface area contributed by atoms with Gasteiger partial charge < -0.3 is 14.7 Å². The van der Waals surface area contributed by atoms with Crippen LogP contribution in [-0.4, -0.2) is 64.2 Å². The highest BCUT2D eigenvalue weighted by Crippen LogP contribution is 3.00. The highest BCUT2D eigenvalue weighted by atomic mass is 16.6. The molecule has 8 atom stereocenters. The van der Waals surface area contributed by atoms with Crippen LogP contribution in [0, 0.1) is 22.7 Å². The van der Waals surface area contributed by atoms with Gasteiger partial charge in [0.15, 0.2) is 0 Å². The molecule has 11 rings (SSSR count). The summed E-state index contributed by atoms with van der Waals surface area (Å²) in [7, 11) is 0. The number of hydrogen-bond donors (Lipinski definition) is 1. The average molecular weight is 453 g/mol. The number of hydrogen-bond acceptors (Lipinski definition) is 4. The van der Waals surface area contributed by atoms with Crippen molar-refractivity contribution in [3.63, 3.8) is 0 Å². The number of amides is 1. The highest BCUT2D eigenvalue weighted by molar-refractivity contribution is 5.95. The van der Waals surface area contributed by atoms with Crippen molar-refractivity contribution in [1.29, 1.82) is 0 Å². The van der Waals surface area contributed by atoms with E-state index >= 15 is 0 Å². The van der Waals surface area contributed by atoms with Gasteiger partial charge in [0.25, 0.3) is 5.91 Å². The number of carbonyl (C=O) groups is 1. The van der Waals surface area contributed by atoms with E-state index in [2.05, 4.69) is 21.9 Å². The van der Waals surface area contributed by atoms with E-state index in [1.54, 1.807) is 0 Å². The molecule has 172 valence electrons. The number of ether oxygens (including phenoxy) is 1. The molecule has 4 aliphatic heterocycles. The zero-order valence-electron chi connectivity index (χ0n) is 19.1. The highest BCUT2D eigenvalue weighted by Gasteiger charge is 3.10. The molecule has 8 fully saturated rings. The quantitative estimate of drug-likeness (QED) is 0.778. The van der Waals surface area contributed by atoms with Gasteiger partial charge in [0.1, 0.15) is 11.4 Å². The normalized spacial score (nSPS) is 49.5. The van der Waals surface area contributed by atoms with Crippen molar-refractivity contribution >= 4 is 5.91 Å².